The molecule has 3 aromatic rings. The summed E-state index contributed by atoms with van der Waals surface area (Å²) in [5, 5.41) is 8.38. The van der Waals surface area contributed by atoms with E-state index in [0.29, 0.717) is 20.8 Å². The molecule has 8 heteroatoms. The van der Waals surface area contributed by atoms with Crippen LogP contribution in [0.2, 0.25) is 15.1 Å². The van der Waals surface area contributed by atoms with Gasteiger partial charge >= 0.3 is 0 Å². The summed E-state index contributed by atoms with van der Waals surface area (Å²) in [5.41, 5.74) is 1.49. The number of benzene rings is 2. The van der Waals surface area contributed by atoms with Crippen molar-refractivity contribution in [2.24, 2.45) is 0 Å². The number of carbonyl (C=O) groups is 1. The third kappa shape index (κ3) is 4.89. The standard InChI is InChI=1S/C19H14Cl3N3O2/c20-13-3-1-12(2-4-13)17-7-8-18(26)25(24-17)10-9-23-19(27)15-11-14(21)5-6-16(15)22/h1-8,11H,9-10H2,(H,23,27). The van der Waals surface area contributed by atoms with Gasteiger partial charge in [0.2, 0.25) is 0 Å². The molecule has 3 rings (SSSR count). The molecule has 2 aromatic carbocycles. The third-order valence-corrected chi connectivity index (χ3v) is 4.61. The quantitative estimate of drug-likeness (QED) is 0.667. The van der Waals surface area contributed by atoms with Crippen molar-refractivity contribution in [2.45, 2.75) is 6.54 Å². The van der Waals surface area contributed by atoms with Gasteiger partial charge < -0.3 is 5.32 Å². The van der Waals surface area contributed by atoms with Crippen LogP contribution in [0.5, 0.6) is 0 Å². The van der Waals surface area contributed by atoms with Crippen molar-refractivity contribution in [1.29, 1.82) is 0 Å². The first-order valence-corrected chi connectivity index (χ1v) is 9.15. The smallest absolute Gasteiger partial charge is 0.266 e. The molecule has 0 bridgehead atoms. The van der Waals surface area contributed by atoms with Gasteiger partial charge in [-0.1, -0.05) is 46.9 Å². The fraction of sp³-hybridized carbons (Fsp3) is 0.105. The third-order valence-electron chi connectivity index (χ3n) is 3.79. The number of halogens is 3. The molecule has 1 heterocycles. The van der Waals surface area contributed by atoms with Gasteiger partial charge in [0.15, 0.2) is 0 Å². The molecule has 0 radical (unpaired) electrons. The lowest BCUT2D eigenvalue weighted by Crippen LogP contribution is -2.32. The number of hydrogen-bond acceptors (Lipinski definition) is 3. The highest BCUT2D eigenvalue weighted by atomic mass is 35.5. The zero-order valence-electron chi connectivity index (χ0n) is 14.0. The second kappa shape index (κ2) is 8.57. The van der Waals surface area contributed by atoms with Crippen LogP contribution in [0.3, 0.4) is 0 Å². The van der Waals surface area contributed by atoms with Gasteiger partial charge in [0.05, 0.1) is 22.8 Å². The lowest BCUT2D eigenvalue weighted by molar-refractivity contribution is 0.0952. The molecule has 0 atom stereocenters. The maximum absolute atomic E-state index is 12.2. The van der Waals surface area contributed by atoms with Gasteiger partial charge in [0, 0.05) is 28.2 Å². The van der Waals surface area contributed by atoms with Gasteiger partial charge in [-0.25, -0.2) is 4.68 Å². The number of rotatable bonds is 5. The highest BCUT2D eigenvalue weighted by molar-refractivity contribution is 6.35. The summed E-state index contributed by atoms with van der Waals surface area (Å²) in [6.07, 6.45) is 0. The molecule has 0 saturated carbocycles. The molecular formula is C19H14Cl3N3O2. The molecule has 0 aliphatic heterocycles. The summed E-state index contributed by atoms with van der Waals surface area (Å²) >= 11 is 17.8. The van der Waals surface area contributed by atoms with Crippen molar-refractivity contribution in [3.63, 3.8) is 0 Å². The van der Waals surface area contributed by atoms with E-state index in [0.717, 1.165) is 5.56 Å². The second-order valence-corrected chi connectivity index (χ2v) is 6.95. The number of amides is 1. The summed E-state index contributed by atoms with van der Waals surface area (Å²) in [4.78, 5) is 24.3. The summed E-state index contributed by atoms with van der Waals surface area (Å²) in [5.74, 6) is -0.371. The fourth-order valence-electron chi connectivity index (χ4n) is 2.43. The van der Waals surface area contributed by atoms with Crippen LogP contribution in [-0.4, -0.2) is 22.2 Å². The number of nitrogens with one attached hydrogen (secondary N) is 1. The van der Waals surface area contributed by atoms with Crippen LogP contribution in [0.25, 0.3) is 11.3 Å². The van der Waals surface area contributed by atoms with Crippen molar-refractivity contribution < 1.29 is 4.79 Å². The van der Waals surface area contributed by atoms with Crippen LogP contribution in [0, 0.1) is 0 Å². The lowest BCUT2D eigenvalue weighted by Gasteiger charge is -2.09. The molecule has 1 N–H and O–H groups in total. The summed E-state index contributed by atoms with van der Waals surface area (Å²) < 4.78 is 1.30. The SMILES string of the molecule is O=C(NCCn1nc(-c2ccc(Cl)cc2)ccc1=O)c1cc(Cl)ccc1Cl. The van der Waals surface area contributed by atoms with Crippen molar-refractivity contribution in [1.82, 2.24) is 15.1 Å². The summed E-state index contributed by atoms with van der Waals surface area (Å²) in [6.45, 7) is 0.419. The van der Waals surface area contributed by atoms with Crippen molar-refractivity contribution in [2.75, 3.05) is 6.54 Å². The van der Waals surface area contributed by atoms with Gasteiger partial charge in [0.25, 0.3) is 11.5 Å². The minimum Gasteiger partial charge on any atom is -0.350 e. The summed E-state index contributed by atoms with van der Waals surface area (Å²) in [7, 11) is 0. The van der Waals surface area contributed by atoms with E-state index in [-0.39, 0.29) is 30.1 Å². The van der Waals surface area contributed by atoms with E-state index in [9.17, 15) is 9.59 Å². The Morgan fingerprint density at radius 3 is 2.41 bits per heavy atom. The van der Waals surface area contributed by atoms with E-state index in [1.807, 2.05) is 12.1 Å². The number of nitrogens with zero attached hydrogens (tertiary/aromatic N) is 2. The average Bonchev–Trinajstić information content (AvgIpc) is 2.66. The van der Waals surface area contributed by atoms with Crippen molar-refractivity contribution in [3.8, 4) is 11.3 Å². The minimum absolute atomic E-state index is 0.207. The molecule has 5 nitrogen and oxygen atoms in total. The van der Waals surface area contributed by atoms with E-state index in [4.69, 9.17) is 34.8 Å². The van der Waals surface area contributed by atoms with Crippen molar-refractivity contribution >= 4 is 40.7 Å². The molecular weight excluding hydrogens is 409 g/mol. The zero-order chi connectivity index (χ0) is 19.4. The van der Waals surface area contributed by atoms with Crippen LogP contribution in [0.1, 0.15) is 10.4 Å². The Hall–Kier alpha value is -2.34. The summed E-state index contributed by atoms with van der Waals surface area (Å²) in [6, 6.07) is 14.9. The van der Waals surface area contributed by atoms with Gasteiger partial charge in [0.1, 0.15) is 0 Å². The van der Waals surface area contributed by atoms with Crippen LogP contribution in [0.4, 0.5) is 0 Å². The lowest BCUT2D eigenvalue weighted by atomic mass is 10.1. The Kier molecular flexibility index (Phi) is 6.16. The molecule has 0 aliphatic rings. The van der Waals surface area contributed by atoms with E-state index in [1.165, 1.54) is 16.8 Å². The van der Waals surface area contributed by atoms with Crippen molar-refractivity contribution in [3.05, 3.63) is 85.6 Å². The van der Waals surface area contributed by atoms with Crippen LogP contribution < -0.4 is 10.9 Å². The zero-order valence-corrected chi connectivity index (χ0v) is 16.2. The van der Waals surface area contributed by atoms with Crippen LogP contribution >= 0.6 is 34.8 Å². The van der Waals surface area contributed by atoms with E-state index in [1.54, 1.807) is 30.3 Å². The van der Waals surface area contributed by atoms with Gasteiger partial charge in [-0.05, 0) is 36.4 Å². The first-order valence-electron chi connectivity index (χ1n) is 8.01. The Bertz CT molecular complexity index is 1030. The minimum atomic E-state index is -0.371. The van der Waals surface area contributed by atoms with Crippen LogP contribution in [-0.2, 0) is 6.54 Å². The van der Waals surface area contributed by atoms with Gasteiger partial charge in [-0.3, -0.25) is 9.59 Å². The maximum atomic E-state index is 12.2. The van der Waals surface area contributed by atoms with E-state index >= 15 is 0 Å². The fourth-order valence-corrected chi connectivity index (χ4v) is 2.93. The molecule has 0 unspecified atom stereocenters. The first kappa shape index (κ1) is 19.4. The molecule has 0 aliphatic carbocycles. The molecule has 0 spiro atoms. The predicted octanol–water partition coefficient (Wildman–Crippen LogP) is 4.30. The molecule has 0 fully saturated rings. The predicted molar refractivity (Wildman–Crippen MR) is 108 cm³/mol. The van der Waals surface area contributed by atoms with Crippen LogP contribution in [0.15, 0.2) is 59.4 Å². The Morgan fingerprint density at radius 2 is 1.67 bits per heavy atom. The Balaban J connectivity index is 1.70. The van der Waals surface area contributed by atoms with Gasteiger partial charge in [-0.2, -0.15) is 5.10 Å². The second-order valence-electron chi connectivity index (χ2n) is 5.67. The monoisotopic (exact) mass is 421 g/mol. The Labute approximate surface area is 170 Å². The molecule has 1 amide bonds. The molecule has 138 valence electrons. The largest absolute Gasteiger partial charge is 0.350 e. The highest BCUT2D eigenvalue weighted by Crippen LogP contribution is 2.20. The molecule has 0 saturated heterocycles. The highest BCUT2D eigenvalue weighted by Gasteiger charge is 2.11. The number of aromatic nitrogens is 2. The maximum Gasteiger partial charge on any atom is 0.266 e. The van der Waals surface area contributed by atoms with E-state index in [2.05, 4.69) is 10.4 Å². The molecule has 27 heavy (non-hydrogen) atoms. The topological polar surface area (TPSA) is 64.0 Å². The molecule has 1 aromatic heterocycles. The Morgan fingerprint density at radius 1 is 0.963 bits per heavy atom. The normalized spacial score (nSPS) is 10.6. The first-order chi connectivity index (χ1) is 12.9. The van der Waals surface area contributed by atoms with E-state index < -0.39 is 0 Å². The number of hydrogen-bond donors (Lipinski definition) is 1. The van der Waals surface area contributed by atoms with Gasteiger partial charge in [-0.15, -0.1) is 0 Å². The average molecular weight is 423 g/mol. The number of carbonyl (C=O) groups excluding carboxylic acids is 1.